The molecule has 4 aliphatic carbocycles. The summed E-state index contributed by atoms with van der Waals surface area (Å²) in [5, 5.41) is 0. The van der Waals surface area contributed by atoms with Crippen molar-refractivity contribution in [1.82, 2.24) is 0 Å². The minimum absolute atomic E-state index is 0.454. The number of halogens is 12. The molecule has 15 unspecified atom stereocenters. The molecule has 0 N–H and O–H groups in total. The van der Waals surface area contributed by atoms with Crippen LogP contribution in [-0.2, 0) is 0 Å². The molecule has 4 saturated carbocycles. The fraction of sp³-hybridized carbons (Fsp3) is 1.00. The van der Waals surface area contributed by atoms with Gasteiger partial charge in [0.1, 0.15) is 30.9 Å². The first kappa shape index (κ1) is 24.3. The number of alkyl halides is 12. The average molecular weight is 490 g/mol. The summed E-state index contributed by atoms with van der Waals surface area (Å²) in [4.78, 5) is 0. The van der Waals surface area contributed by atoms with Gasteiger partial charge < -0.3 is 0 Å². The zero-order valence-electron chi connectivity index (χ0n) is 16.4. The molecule has 12 heteroatoms. The van der Waals surface area contributed by atoms with Crippen LogP contribution in [0.4, 0.5) is 52.7 Å². The van der Waals surface area contributed by atoms with Gasteiger partial charge in [0.15, 0.2) is 24.7 Å². The average Bonchev–Trinajstić information content (AvgIpc) is 3.08. The van der Waals surface area contributed by atoms with Gasteiger partial charge in [-0.15, -0.1) is 0 Å². The Labute approximate surface area is 176 Å². The molecule has 0 saturated heterocycles. The van der Waals surface area contributed by atoms with E-state index >= 15 is 0 Å². The molecule has 0 spiro atoms. The molecule has 0 nitrogen and oxygen atoms in total. The molecule has 4 fully saturated rings. The molecule has 4 aliphatic rings. The lowest BCUT2D eigenvalue weighted by Crippen LogP contribution is -2.56. The summed E-state index contributed by atoms with van der Waals surface area (Å²) >= 11 is 0. The van der Waals surface area contributed by atoms with Crippen LogP contribution in [0.1, 0.15) is 19.3 Å². The summed E-state index contributed by atoms with van der Waals surface area (Å²) in [5.41, 5.74) is 0. The van der Waals surface area contributed by atoms with E-state index in [0.29, 0.717) is 0 Å². The largest absolute Gasteiger partial charge is 0.392 e. The number of hydrogen-bond donors (Lipinski definition) is 0. The lowest BCUT2D eigenvalue weighted by atomic mass is 9.62. The zero-order chi connectivity index (χ0) is 23.9. The minimum Gasteiger partial charge on any atom is -0.247 e. The van der Waals surface area contributed by atoms with E-state index in [1.54, 1.807) is 0 Å². The number of fused-ring (bicyclic) bond motifs is 3. The van der Waals surface area contributed by atoms with Crippen molar-refractivity contribution in [1.29, 1.82) is 0 Å². The van der Waals surface area contributed by atoms with E-state index in [0.717, 1.165) is 0 Å². The van der Waals surface area contributed by atoms with Gasteiger partial charge in [-0.25, -0.2) is 39.5 Å². The summed E-state index contributed by atoms with van der Waals surface area (Å²) in [6.45, 7) is 0. The van der Waals surface area contributed by atoms with Gasteiger partial charge in [-0.1, -0.05) is 0 Å². The molecule has 0 amide bonds. The third kappa shape index (κ3) is 3.43. The highest BCUT2D eigenvalue weighted by atomic mass is 19.4. The fourth-order valence-corrected chi connectivity index (χ4v) is 7.08. The van der Waals surface area contributed by atoms with E-state index in [1.165, 1.54) is 0 Å². The second-order valence-corrected chi connectivity index (χ2v) is 9.66. The Kier molecular flexibility index (Phi) is 6.17. The van der Waals surface area contributed by atoms with Crippen LogP contribution in [0.5, 0.6) is 0 Å². The lowest BCUT2D eigenvalue weighted by Gasteiger charge is -2.46. The Morgan fingerprint density at radius 1 is 0.438 bits per heavy atom. The van der Waals surface area contributed by atoms with Crippen LogP contribution in [-0.4, -0.2) is 61.7 Å². The highest BCUT2D eigenvalue weighted by Gasteiger charge is 2.72. The lowest BCUT2D eigenvalue weighted by molar-refractivity contribution is -0.215. The summed E-state index contributed by atoms with van der Waals surface area (Å²) in [6, 6.07) is 0. The zero-order valence-corrected chi connectivity index (χ0v) is 16.4. The van der Waals surface area contributed by atoms with E-state index in [9.17, 15) is 52.7 Å². The van der Waals surface area contributed by atoms with Crippen molar-refractivity contribution >= 4 is 0 Å². The monoisotopic (exact) mass is 490 g/mol. The fourth-order valence-electron chi connectivity index (χ4n) is 7.08. The van der Waals surface area contributed by atoms with Gasteiger partial charge in [0.05, 0.1) is 5.92 Å². The van der Waals surface area contributed by atoms with Crippen LogP contribution in [0.2, 0.25) is 0 Å². The Hall–Kier alpha value is -0.840. The van der Waals surface area contributed by atoms with Crippen LogP contribution in [0.15, 0.2) is 0 Å². The van der Waals surface area contributed by atoms with E-state index in [2.05, 4.69) is 0 Å². The number of hydrogen-bond acceptors (Lipinski definition) is 0. The quantitative estimate of drug-likeness (QED) is 0.388. The van der Waals surface area contributed by atoms with Gasteiger partial charge >= 0.3 is 6.18 Å². The molecule has 0 aliphatic heterocycles. The number of rotatable bonds is 1. The van der Waals surface area contributed by atoms with Crippen molar-refractivity contribution in [2.75, 3.05) is 0 Å². The van der Waals surface area contributed by atoms with E-state index in [-0.39, 0.29) is 0 Å². The molecule has 0 aromatic rings. The maximum absolute atomic E-state index is 15.0. The normalized spacial score (nSPS) is 58.9. The standard InChI is InChI=1S/C20H22F12/c21-4-1-2-5(6(3-4)20(30,31)32)7-8-10(14(24)18(28)16(26)12(8)22)11-9(7)13(23)17(27)19(29)15(11)25/h4-19H,1-3H2. The van der Waals surface area contributed by atoms with Crippen molar-refractivity contribution in [3.8, 4) is 0 Å². The summed E-state index contributed by atoms with van der Waals surface area (Å²) in [6.07, 6.45) is -33.3. The third-order valence-corrected chi connectivity index (χ3v) is 8.27. The van der Waals surface area contributed by atoms with Gasteiger partial charge in [-0.05, 0) is 31.1 Å². The third-order valence-electron chi connectivity index (χ3n) is 8.27. The molecule has 0 heterocycles. The van der Waals surface area contributed by atoms with Crippen molar-refractivity contribution in [3.63, 3.8) is 0 Å². The van der Waals surface area contributed by atoms with E-state index < -0.39 is 122 Å². The van der Waals surface area contributed by atoms with Gasteiger partial charge in [-0.2, -0.15) is 13.2 Å². The van der Waals surface area contributed by atoms with Crippen LogP contribution in [0.25, 0.3) is 0 Å². The Morgan fingerprint density at radius 3 is 1.12 bits per heavy atom. The highest BCUT2D eigenvalue weighted by Crippen LogP contribution is 2.65. The smallest absolute Gasteiger partial charge is 0.247 e. The molecule has 4 rings (SSSR count). The van der Waals surface area contributed by atoms with Gasteiger partial charge in [0.25, 0.3) is 0 Å². The Bertz CT molecular complexity index is 648. The van der Waals surface area contributed by atoms with Crippen molar-refractivity contribution in [2.45, 2.75) is 81.0 Å². The summed E-state index contributed by atoms with van der Waals surface area (Å²) < 4.78 is 171. The first-order chi connectivity index (χ1) is 14.8. The first-order valence-corrected chi connectivity index (χ1v) is 10.6. The highest BCUT2D eigenvalue weighted by molar-refractivity contribution is 5.18. The Morgan fingerprint density at radius 2 is 0.781 bits per heavy atom. The maximum Gasteiger partial charge on any atom is 0.392 e. The molecule has 0 aromatic carbocycles. The van der Waals surface area contributed by atoms with Gasteiger partial charge in [-0.3, -0.25) is 0 Å². The topological polar surface area (TPSA) is 0 Å². The molecule has 0 radical (unpaired) electrons. The van der Waals surface area contributed by atoms with E-state index in [4.69, 9.17) is 0 Å². The second-order valence-electron chi connectivity index (χ2n) is 9.66. The molecule has 32 heavy (non-hydrogen) atoms. The molecule has 0 bridgehead atoms. The molecular weight excluding hydrogens is 468 g/mol. The second kappa shape index (κ2) is 8.13. The first-order valence-electron chi connectivity index (χ1n) is 10.6. The van der Waals surface area contributed by atoms with Crippen LogP contribution < -0.4 is 0 Å². The van der Waals surface area contributed by atoms with Crippen LogP contribution in [0, 0.1) is 41.4 Å². The predicted octanol–water partition coefficient (Wildman–Crippen LogP) is 6.13. The summed E-state index contributed by atoms with van der Waals surface area (Å²) in [7, 11) is 0. The Balaban J connectivity index is 1.84. The van der Waals surface area contributed by atoms with Crippen LogP contribution >= 0.6 is 0 Å². The van der Waals surface area contributed by atoms with Gasteiger partial charge in [0, 0.05) is 23.7 Å². The van der Waals surface area contributed by atoms with Gasteiger partial charge in [0.2, 0.25) is 0 Å². The molecule has 15 atom stereocenters. The summed E-state index contributed by atoms with van der Waals surface area (Å²) in [5.74, 6) is -14.8. The predicted molar refractivity (Wildman–Crippen MR) is 88.4 cm³/mol. The SMILES string of the molecule is FC1CCC(C2C3C(F)C(F)C(F)C(F)C3C3C(F)C(F)C(F)C(F)C32)C(C(F)(F)F)C1. The minimum atomic E-state index is -5.07. The van der Waals surface area contributed by atoms with Crippen LogP contribution in [0.3, 0.4) is 0 Å². The maximum atomic E-state index is 15.0. The van der Waals surface area contributed by atoms with Crippen molar-refractivity contribution in [2.24, 2.45) is 41.4 Å². The van der Waals surface area contributed by atoms with Crippen molar-refractivity contribution < 1.29 is 52.7 Å². The van der Waals surface area contributed by atoms with E-state index in [1.807, 2.05) is 0 Å². The molecule has 0 aromatic heterocycles. The van der Waals surface area contributed by atoms with Crippen molar-refractivity contribution in [3.05, 3.63) is 0 Å². The molecular formula is C20H22F12. The molecule has 186 valence electrons.